The van der Waals surface area contributed by atoms with Gasteiger partial charge in [0.05, 0.1) is 20.1 Å². The second-order valence-corrected chi connectivity index (χ2v) is 7.17. The number of nitrogens with zero attached hydrogens (tertiary/aromatic N) is 1. The lowest BCUT2D eigenvalue weighted by Gasteiger charge is -2.43. The van der Waals surface area contributed by atoms with Crippen LogP contribution in [-0.2, 0) is 4.79 Å². The van der Waals surface area contributed by atoms with Gasteiger partial charge in [0.1, 0.15) is 0 Å². The Balaban J connectivity index is 0.00000139. The summed E-state index contributed by atoms with van der Waals surface area (Å²) in [5.74, 6) is 0.182. The molecule has 24 heavy (non-hydrogen) atoms. The van der Waals surface area contributed by atoms with E-state index in [1.54, 1.807) is 0 Å². The summed E-state index contributed by atoms with van der Waals surface area (Å²) in [7, 11) is 2.25. The number of nitrogens with one attached hydrogen (secondary N) is 1. The molecule has 1 fully saturated rings. The van der Waals surface area contributed by atoms with Gasteiger partial charge in [0, 0.05) is 12.1 Å². The van der Waals surface area contributed by atoms with Crippen molar-refractivity contribution >= 4 is 11.6 Å². The fraction of sp³-hybridized carbons (Fsp3) is 0.667. The highest BCUT2D eigenvalue weighted by Crippen LogP contribution is 2.26. The van der Waals surface area contributed by atoms with Crippen molar-refractivity contribution < 1.29 is 9.28 Å². The first kappa shape index (κ1) is 20.7. The van der Waals surface area contributed by atoms with E-state index >= 15 is 0 Å². The van der Waals surface area contributed by atoms with Gasteiger partial charge in [0.15, 0.2) is 6.04 Å². The van der Waals surface area contributed by atoms with Crippen LogP contribution >= 0.6 is 0 Å². The number of hydrogen-bond acceptors (Lipinski definition) is 1. The number of amides is 1. The lowest BCUT2D eigenvalue weighted by molar-refractivity contribution is -0.928. The van der Waals surface area contributed by atoms with Crippen LogP contribution in [0.4, 0.5) is 5.69 Å². The summed E-state index contributed by atoms with van der Waals surface area (Å²) in [4.78, 5) is 12.9. The Bertz CT molecular complexity index is 522. The van der Waals surface area contributed by atoms with Gasteiger partial charge in [-0.2, -0.15) is 0 Å². The van der Waals surface area contributed by atoms with E-state index in [1.807, 2.05) is 13.8 Å². The van der Waals surface area contributed by atoms with E-state index in [1.165, 1.54) is 24.8 Å². The minimum atomic E-state index is 0.0559. The average Bonchev–Trinajstić information content (AvgIpc) is 2.54. The summed E-state index contributed by atoms with van der Waals surface area (Å²) in [6, 6.07) is 4.34. The number of rotatable bonds is 4. The third kappa shape index (κ3) is 4.83. The third-order valence-electron chi connectivity index (χ3n) is 5.20. The van der Waals surface area contributed by atoms with E-state index in [9.17, 15) is 4.79 Å². The van der Waals surface area contributed by atoms with Gasteiger partial charge < -0.3 is 9.80 Å². The number of piperidine rings is 1. The van der Waals surface area contributed by atoms with Crippen molar-refractivity contribution in [2.45, 2.75) is 73.3 Å². The summed E-state index contributed by atoms with van der Waals surface area (Å²) in [6.07, 6.45) is 4.68. The molecule has 1 aliphatic rings. The standard InChI is InChI=1S/C19H30N2O.C2H6/c1-6-17(21(5)10-8-7-9-11-21)19(22)20-18-15(3)12-14(2)13-16(18)4;1-2/h12-13,17H,6-11H2,1-5H3;1-2H3/p+1. The normalized spacial score (nSPS) is 17.5. The molecule has 0 aliphatic carbocycles. The smallest absolute Gasteiger partial charge is 0.282 e. The van der Waals surface area contributed by atoms with Crippen molar-refractivity contribution in [3.8, 4) is 0 Å². The van der Waals surface area contributed by atoms with Crippen LogP contribution in [0.1, 0.15) is 63.1 Å². The number of anilines is 1. The second-order valence-electron chi connectivity index (χ2n) is 7.17. The predicted molar refractivity (Wildman–Crippen MR) is 104 cm³/mol. The number of carbonyl (C=O) groups is 1. The number of hydrogen-bond donors (Lipinski definition) is 1. The van der Waals surface area contributed by atoms with E-state index < -0.39 is 0 Å². The molecule has 0 radical (unpaired) electrons. The molecule has 2 rings (SSSR count). The third-order valence-corrected chi connectivity index (χ3v) is 5.20. The minimum absolute atomic E-state index is 0.0559. The largest absolute Gasteiger partial charge is 0.320 e. The van der Waals surface area contributed by atoms with Gasteiger partial charge in [-0.25, -0.2) is 0 Å². The zero-order valence-electron chi connectivity index (χ0n) is 16.8. The molecule has 0 bridgehead atoms. The molecule has 1 N–H and O–H groups in total. The second kappa shape index (κ2) is 9.22. The monoisotopic (exact) mass is 333 g/mol. The minimum Gasteiger partial charge on any atom is -0.320 e. The van der Waals surface area contributed by atoms with Gasteiger partial charge >= 0.3 is 0 Å². The first-order valence-electron chi connectivity index (χ1n) is 9.60. The summed E-state index contributed by atoms with van der Waals surface area (Å²) in [5.41, 5.74) is 4.55. The first-order valence-corrected chi connectivity index (χ1v) is 9.60. The Labute approximate surface area is 149 Å². The molecule has 1 heterocycles. The zero-order chi connectivity index (χ0) is 18.3. The van der Waals surface area contributed by atoms with Crippen molar-refractivity contribution in [1.82, 2.24) is 0 Å². The quantitative estimate of drug-likeness (QED) is 0.773. The number of benzene rings is 1. The molecule has 1 aromatic carbocycles. The summed E-state index contributed by atoms with van der Waals surface area (Å²) in [6.45, 7) is 14.6. The molecular formula is C21H37N2O+. The Morgan fingerprint density at radius 2 is 1.58 bits per heavy atom. The molecule has 1 amide bonds. The van der Waals surface area contributed by atoms with Gasteiger partial charge in [0.2, 0.25) is 0 Å². The van der Waals surface area contributed by atoms with Crippen molar-refractivity contribution in [3.63, 3.8) is 0 Å². The van der Waals surface area contributed by atoms with E-state index in [4.69, 9.17) is 0 Å². The Kier molecular flexibility index (Phi) is 7.95. The summed E-state index contributed by atoms with van der Waals surface area (Å²) in [5, 5.41) is 3.22. The van der Waals surface area contributed by atoms with Gasteiger partial charge in [-0.1, -0.05) is 38.5 Å². The molecule has 1 unspecified atom stereocenters. The highest BCUT2D eigenvalue weighted by molar-refractivity contribution is 5.95. The van der Waals surface area contributed by atoms with E-state index in [0.717, 1.165) is 40.8 Å². The van der Waals surface area contributed by atoms with E-state index in [2.05, 4.69) is 52.2 Å². The summed E-state index contributed by atoms with van der Waals surface area (Å²) >= 11 is 0. The molecule has 0 saturated carbocycles. The van der Waals surface area contributed by atoms with Gasteiger partial charge in [-0.05, 0) is 51.2 Å². The molecule has 1 saturated heterocycles. The lowest BCUT2D eigenvalue weighted by Crippen LogP contribution is -2.59. The fourth-order valence-electron chi connectivity index (χ4n) is 4.04. The first-order chi connectivity index (χ1) is 11.4. The number of likely N-dealkylation sites (N-methyl/N-ethyl adjacent to an activating group) is 1. The van der Waals surface area contributed by atoms with Crippen molar-refractivity contribution in [2.24, 2.45) is 0 Å². The van der Waals surface area contributed by atoms with Crippen LogP contribution in [-0.4, -0.2) is 36.6 Å². The maximum Gasteiger partial charge on any atom is 0.282 e. The average molecular weight is 334 g/mol. The van der Waals surface area contributed by atoms with Crippen LogP contribution in [0.25, 0.3) is 0 Å². The van der Waals surface area contributed by atoms with Crippen LogP contribution in [0, 0.1) is 20.8 Å². The van der Waals surface area contributed by atoms with E-state index in [0.29, 0.717) is 0 Å². The maximum atomic E-state index is 12.9. The number of quaternary nitrogens is 1. The topological polar surface area (TPSA) is 29.1 Å². The lowest BCUT2D eigenvalue weighted by atomic mass is 10.0. The SMILES string of the molecule is CC.CCC(C(=O)Nc1c(C)cc(C)cc1C)[N+]1(C)CCCCC1. The van der Waals surface area contributed by atoms with Crippen LogP contribution in [0.2, 0.25) is 0 Å². The van der Waals surface area contributed by atoms with Gasteiger partial charge in [-0.3, -0.25) is 4.79 Å². The van der Waals surface area contributed by atoms with Crippen molar-refractivity contribution in [1.29, 1.82) is 0 Å². The molecular weight excluding hydrogens is 296 g/mol. The summed E-state index contributed by atoms with van der Waals surface area (Å²) < 4.78 is 0.895. The molecule has 3 heteroatoms. The number of likely N-dealkylation sites (tertiary alicyclic amines) is 1. The maximum absolute atomic E-state index is 12.9. The zero-order valence-corrected chi connectivity index (χ0v) is 16.8. The van der Waals surface area contributed by atoms with Gasteiger partial charge in [0.25, 0.3) is 5.91 Å². The molecule has 1 aliphatic heterocycles. The van der Waals surface area contributed by atoms with Crippen molar-refractivity contribution in [3.05, 3.63) is 28.8 Å². The molecule has 3 nitrogen and oxygen atoms in total. The van der Waals surface area contributed by atoms with Gasteiger partial charge in [-0.15, -0.1) is 0 Å². The Morgan fingerprint density at radius 1 is 1.08 bits per heavy atom. The predicted octanol–water partition coefficient (Wildman–Crippen LogP) is 4.99. The highest BCUT2D eigenvalue weighted by Gasteiger charge is 2.38. The fourth-order valence-corrected chi connectivity index (χ4v) is 4.04. The van der Waals surface area contributed by atoms with Crippen LogP contribution in [0.3, 0.4) is 0 Å². The van der Waals surface area contributed by atoms with Crippen LogP contribution in [0.15, 0.2) is 12.1 Å². The Morgan fingerprint density at radius 3 is 2.04 bits per heavy atom. The molecule has 1 aromatic rings. The van der Waals surface area contributed by atoms with Crippen LogP contribution < -0.4 is 5.32 Å². The van der Waals surface area contributed by atoms with E-state index in [-0.39, 0.29) is 11.9 Å². The molecule has 136 valence electrons. The van der Waals surface area contributed by atoms with Crippen LogP contribution in [0.5, 0.6) is 0 Å². The Hall–Kier alpha value is -1.35. The molecule has 0 aromatic heterocycles. The number of carbonyl (C=O) groups excluding carboxylic acids is 1. The number of aryl methyl sites for hydroxylation is 3. The molecule has 0 spiro atoms. The van der Waals surface area contributed by atoms with Crippen molar-refractivity contribution in [2.75, 3.05) is 25.5 Å². The molecule has 1 atom stereocenters. The highest BCUT2D eigenvalue weighted by atomic mass is 16.2.